The van der Waals surface area contributed by atoms with Crippen molar-refractivity contribution < 1.29 is 23.0 Å². The summed E-state index contributed by atoms with van der Waals surface area (Å²) < 4.78 is 39.1. The Morgan fingerprint density at radius 2 is 1.77 bits per heavy atom. The van der Waals surface area contributed by atoms with E-state index in [9.17, 15) is 13.6 Å². The molecule has 0 heterocycles. The van der Waals surface area contributed by atoms with Gasteiger partial charge in [0.2, 0.25) is 0 Å². The summed E-state index contributed by atoms with van der Waals surface area (Å²) >= 11 is 0. The van der Waals surface area contributed by atoms with Gasteiger partial charge in [-0.2, -0.15) is 5.26 Å². The quantitative estimate of drug-likeness (QED) is 0.718. The van der Waals surface area contributed by atoms with Crippen LogP contribution in [-0.4, -0.2) is 19.6 Å². The maximum absolute atomic E-state index is 14.4. The molecule has 1 saturated carbocycles. The van der Waals surface area contributed by atoms with Gasteiger partial charge in [0.15, 0.2) is 17.4 Å². The summed E-state index contributed by atoms with van der Waals surface area (Å²) in [5.41, 5.74) is 0.634. The van der Waals surface area contributed by atoms with Crippen LogP contribution >= 0.6 is 0 Å². The van der Waals surface area contributed by atoms with E-state index in [-0.39, 0.29) is 24.0 Å². The second kappa shape index (κ2) is 10.1. The molecule has 1 fully saturated rings. The third kappa shape index (κ3) is 5.47. The highest BCUT2D eigenvalue weighted by Crippen LogP contribution is 2.28. The van der Waals surface area contributed by atoms with Crippen molar-refractivity contribution in [3.63, 3.8) is 0 Å². The Hall–Kier alpha value is -3.14. The van der Waals surface area contributed by atoms with Crippen molar-refractivity contribution in [3.8, 4) is 17.6 Å². The molecule has 3 rings (SSSR count). The Balaban J connectivity index is 1.56. The maximum Gasteiger partial charge on any atom is 0.251 e. The number of amides is 1. The molecule has 1 amide bonds. The Kier molecular flexibility index (Phi) is 7.23. The smallest absolute Gasteiger partial charge is 0.251 e. The van der Waals surface area contributed by atoms with E-state index in [1.54, 1.807) is 31.4 Å². The van der Waals surface area contributed by atoms with Crippen LogP contribution in [0.3, 0.4) is 0 Å². The van der Waals surface area contributed by atoms with Gasteiger partial charge < -0.3 is 14.8 Å². The van der Waals surface area contributed by atoms with Crippen molar-refractivity contribution in [3.05, 3.63) is 59.2 Å². The number of halogens is 2. The highest BCUT2D eigenvalue weighted by Gasteiger charge is 2.22. The number of benzene rings is 2. The van der Waals surface area contributed by atoms with E-state index in [4.69, 9.17) is 14.7 Å². The van der Waals surface area contributed by atoms with Crippen molar-refractivity contribution >= 4 is 5.91 Å². The third-order valence-electron chi connectivity index (χ3n) is 5.38. The summed E-state index contributed by atoms with van der Waals surface area (Å²) in [6.45, 7) is 0.407. The Morgan fingerprint density at radius 3 is 2.33 bits per heavy atom. The van der Waals surface area contributed by atoms with Crippen LogP contribution in [0.1, 0.15) is 41.6 Å². The average Bonchev–Trinajstić information content (AvgIpc) is 2.77. The van der Waals surface area contributed by atoms with Crippen LogP contribution in [0.4, 0.5) is 8.78 Å². The number of carbonyl (C=O) groups is 1. The van der Waals surface area contributed by atoms with Crippen molar-refractivity contribution in [1.29, 1.82) is 5.26 Å². The molecule has 2 aromatic rings. The molecule has 158 valence electrons. The topological polar surface area (TPSA) is 71.3 Å². The molecule has 0 aromatic heterocycles. The normalized spacial score (nSPS) is 18.3. The van der Waals surface area contributed by atoms with Crippen LogP contribution in [0.2, 0.25) is 0 Å². The molecule has 0 spiro atoms. The molecule has 0 atom stereocenters. The fraction of sp³-hybridized carbons (Fsp3) is 0.391. The van der Waals surface area contributed by atoms with Gasteiger partial charge in [0.05, 0.1) is 13.2 Å². The molecule has 0 unspecified atom stereocenters. The first kappa shape index (κ1) is 21.6. The first-order valence-electron chi connectivity index (χ1n) is 9.92. The van der Waals surface area contributed by atoms with Crippen molar-refractivity contribution in [2.45, 2.75) is 32.3 Å². The standard InChI is InChI=1S/C23H24F2N2O3/c1-29-19-8-6-17(7-9-19)14-30-22-20(24)10-18(11-21(22)25)23(28)27-13-16-4-2-15(12-26)3-5-16/h6-11,15-16H,2-5,13-14H2,1H3,(H,27,28). The van der Waals surface area contributed by atoms with Crippen LogP contribution in [0.5, 0.6) is 11.5 Å². The number of rotatable bonds is 7. The van der Waals surface area contributed by atoms with E-state index in [1.807, 2.05) is 0 Å². The fourth-order valence-corrected chi connectivity index (χ4v) is 3.54. The van der Waals surface area contributed by atoms with E-state index < -0.39 is 23.3 Å². The van der Waals surface area contributed by atoms with Gasteiger partial charge in [-0.05, 0) is 61.4 Å². The first-order valence-corrected chi connectivity index (χ1v) is 9.92. The van der Waals surface area contributed by atoms with Crippen LogP contribution in [-0.2, 0) is 6.61 Å². The summed E-state index contributed by atoms with van der Waals surface area (Å²) in [7, 11) is 1.55. The molecular formula is C23H24F2N2O3. The van der Waals surface area contributed by atoms with E-state index in [0.717, 1.165) is 43.4 Å². The summed E-state index contributed by atoms with van der Waals surface area (Å²) in [5, 5.41) is 11.7. The highest BCUT2D eigenvalue weighted by atomic mass is 19.1. The lowest BCUT2D eigenvalue weighted by molar-refractivity contribution is 0.0941. The van der Waals surface area contributed by atoms with Crippen LogP contribution in [0.15, 0.2) is 36.4 Å². The highest BCUT2D eigenvalue weighted by molar-refractivity contribution is 5.94. The predicted octanol–water partition coefficient (Wildman–Crippen LogP) is 4.61. The van der Waals surface area contributed by atoms with Gasteiger partial charge >= 0.3 is 0 Å². The van der Waals surface area contributed by atoms with Gasteiger partial charge in [0, 0.05) is 18.0 Å². The Morgan fingerprint density at radius 1 is 1.13 bits per heavy atom. The second-order valence-electron chi connectivity index (χ2n) is 7.46. The first-order chi connectivity index (χ1) is 14.5. The zero-order valence-corrected chi connectivity index (χ0v) is 16.8. The number of hydrogen-bond acceptors (Lipinski definition) is 4. The fourth-order valence-electron chi connectivity index (χ4n) is 3.54. The van der Waals surface area contributed by atoms with Gasteiger partial charge in [-0.25, -0.2) is 8.78 Å². The minimum absolute atomic E-state index is 0.0191. The molecule has 0 aliphatic heterocycles. The molecule has 0 radical (unpaired) electrons. The summed E-state index contributed by atoms with van der Waals surface area (Å²) in [6, 6.07) is 11.2. The molecule has 1 aliphatic rings. The molecule has 0 saturated heterocycles. The van der Waals surface area contributed by atoms with Crippen LogP contribution in [0.25, 0.3) is 0 Å². The lowest BCUT2D eigenvalue weighted by Crippen LogP contribution is -2.31. The number of hydrogen-bond donors (Lipinski definition) is 1. The van der Waals surface area contributed by atoms with E-state index in [1.165, 1.54) is 0 Å². The van der Waals surface area contributed by atoms with Crippen LogP contribution < -0.4 is 14.8 Å². The molecule has 5 nitrogen and oxygen atoms in total. The molecule has 2 aromatic carbocycles. The number of nitriles is 1. The third-order valence-corrected chi connectivity index (χ3v) is 5.38. The number of ether oxygens (including phenoxy) is 2. The Labute approximate surface area is 174 Å². The van der Waals surface area contributed by atoms with Gasteiger partial charge in [-0.3, -0.25) is 4.79 Å². The SMILES string of the molecule is COc1ccc(COc2c(F)cc(C(=O)NCC3CCC(C#N)CC3)cc2F)cc1. The summed E-state index contributed by atoms with van der Waals surface area (Å²) in [5.74, 6) is -1.86. The second-order valence-corrected chi connectivity index (χ2v) is 7.46. The predicted molar refractivity (Wildman–Crippen MR) is 107 cm³/mol. The zero-order valence-electron chi connectivity index (χ0n) is 16.8. The van der Waals surface area contributed by atoms with Gasteiger partial charge in [-0.15, -0.1) is 0 Å². The lowest BCUT2D eigenvalue weighted by atomic mass is 9.83. The van der Waals surface area contributed by atoms with E-state index in [0.29, 0.717) is 12.3 Å². The number of methoxy groups -OCH3 is 1. The van der Waals surface area contributed by atoms with Crippen LogP contribution in [0, 0.1) is 34.8 Å². The molecule has 7 heteroatoms. The minimum atomic E-state index is -0.928. The minimum Gasteiger partial charge on any atom is -0.497 e. The zero-order chi connectivity index (χ0) is 21.5. The summed E-state index contributed by atoms with van der Waals surface area (Å²) in [4.78, 5) is 12.3. The van der Waals surface area contributed by atoms with E-state index >= 15 is 0 Å². The Bertz CT molecular complexity index is 894. The largest absolute Gasteiger partial charge is 0.497 e. The van der Waals surface area contributed by atoms with Crippen molar-refractivity contribution in [2.75, 3.05) is 13.7 Å². The lowest BCUT2D eigenvalue weighted by Gasteiger charge is -2.24. The maximum atomic E-state index is 14.4. The van der Waals surface area contributed by atoms with Gasteiger partial charge in [0.25, 0.3) is 5.91 Å². The number of nitrogens with one attached hydrogen (secondary N) is 1. The monoisotopic (exact) mass is 414 g/mol. The number of nitrogens with zero attached hydrogens (tertiary/aromatic N) is 1. The molecular weight excluding hydrogens is 390 g/mol. The van der Waals surface area contributed by atoms with Gasteiger partial charge in [-0.1, -0.05) is 12.1 Å². The molecule has 30 heavy (non-hydrogen) atoms. The molecule has 0 bridgehead atoms. The van der Waals surface area contributed by atoms with Crippen molar-refractivity contribution in [2.24, 2.45) is 11.8 Å². The van der Waals surface area contributed by atoms with Crippen molar-refractivity contribution in [1.82, 2.24) is 5.32 Å². The molecule has 1 N–H and O–H groups in total. The van der Waals surface area contributed by atoms with Gasteiger partial charge in [0.1, 0.15) is 12.4 Å². The average molecular weight is 414 g/mol. The molecule has 1 aliphatic carbocycles. The van der Waals surface area contributed by atoms with E-state index in [2.05, 4.69) is 11.4 Å². The summed E-state index contributed by atoms with van der Waals surface area (Å²) in [6.07, 6.45) is 3.36. The number of carbonyl (C=O) groups excluding carboxylic acids is 1.